The van der Waals surface area contributed by atoms with Crippen LogP contribution in [0, 0.1) is 0 Å². The van der Waals surface area contributed by atoms with Crippen LogP contribution in [0.2, 0.25) is 0 Å². The van der Waals surface area contributed by atoms with Crippen LogP contribution < -0.4 is 10.2 Å². The summed E-state index contributed by atoms with van der Waals surface area (Å²) in [7, 11) is 1.57. The number of carbonyl (C=O) groups excluding carboxylic acids is 1. The maximum absolute atomic E-state index is 11.3. The monoisotopic (exact) mass is 236 g/mol. The van der Waals surface area contributed by atoms with E-state index in [4.69, 9.17) is 9.47 Å². The molecule has 0 aliphatic rings. The number of nitrogens with one attached hydrogen (secondary N) is 1. The average molecular weight is 236 g/mol. The van der Waals surface area contributed by atoms with Crippen LogP contribution in [0.5, 0.6) is 5.75 Å². The van der Waals surface area contributed by atoms with Gasteiger partial charge in [0.05, 0.1) is 19.4 Å². The molecule has 1 aromatic carbocycles. The normalized spacial score (nSPS) is 10.9. The largest absolute Gasteiger partial charge is 0.495 e. The molecule has 0 atom stereocenters. The molecule has 0 aromatic heterocycles. The molecule has 0 amide bonds. The number of rotatable bonds is 5. The Labute approximate surface area is 100 Å². The molecule has 0 bridgehead atoms. The van der Waals surface area contributed by atoms with Crippen molar-refractivity contribution in [3.05, 3.63) is 24.3 Å². The molecule has 1 aromatic rings. The molecule has 0 heterocycles. The fraction of sp³-hybridized carbons (Fsp3) is 0.333. The van der Waals surface area contributed by atoms with Crippen molar-refractivity contribution in [1.29, 1.82) is 0 Å². The Morgan fingerprint density at radius 3 is 2.76 bits per heavy atom. The molecule has 0 saturated heterocycles. The molecule has 0 aliphatic carbocycles. The van der Waals surface area contributed by atoms with Crippen LogP contribution in [0.3, 0.4) is 0 Å². The zero-order chi connectivity index (χ0) is 12.7. The van der Waals surface area contributed by atoms with Crippen LogP contribution >= 0.6 is 0 Å². The van der Waals surface area contributed by atoms with E-state index in [9.17, 15) is 4.79 Å². The van der Waals surface area contributed by atoms with Gasteiger partial charge in [0.25, 0.3) is 0 Å². The summed E-state index contributed by atoms with van der Waals surface area (Å²) in [5.41, 5.74) is 3.72. The predicted molar refractivity (Wildman–Crippen MR) is 66.4 cm³/mol. The lowest BCUT2D eigenvalue weighted by Gasteiger charge is -2.07. The van der Waals surface area contributed by atoms with Crippen molar-refractivity contribution < 1.29 is 14.3 Å². The summed E-state index contributed by atoms with van der Waals surface area (Å²) >= 11 is 0. The van der Waals surface area contributed by atoms with Crippen molar-refractivity contribution in [1.82, 2.24) is 0 Å². The van der Waals surface area contributed by atoms with E-state index in [1.54, 1.807) is 33.1 Å². The number of nitrogens with zero attached hydrogens (tertiary/aromatic N) is 1. The molecule has 1 rings (SSSR count). The summed E-state index contributed by atoms with van der Waals surface area (Å²) in [4.78, 5) is 11.3. The summed E-state index contributed by atoms with van der Waals surface area (Å²) in [6.45, 7) is 3.67. The highest BCUT2D eigenvalue weighted by Crippen LogP contribution is 2.22. The van der Waals surface area contributed by atoms with Gasteiger partial charge in [0.2, 0.25) is 0 Å². The molecule has 0 saturated carbocycles. The fourth-order valence-electron chi connectivity index (χ4n) is 1.16. The Balaban J connectivity index is 2.71. The number of carbonyl (C=O) groups is 1. The summed E-state index contributed by atoms with van der Waals surface area (Å²) in [6.07, 6.45) is 0. The van der Waals surface area contributed by atoms with Crippen LogP contribution in [0.1, 0.15) is 13.8 Å². The third kappa shape index (κ3) is 3.79. The van der Waals surface area contributed by atoms with Crippen molar-refractivity contribution in [3.8, 4) is 5.75 Å². The number of hydrogen-bond donors (Lipinski definition) is 1. The molecular formula is C12H16N2O3. The number of hydrazone groups is 1. The quantitative estimate of drug-likeness (QED) is 0.483. The van der Waals surface area contributed by atoms with Crippen LogP contribution in [0.25, 0.3) is 0 Å². The third-order valence-corrected chi connectivity index (χ3v) is 2.02. The van der Waals surface area contributed by atoms with Crippen molar-refractivity contribution in [2.75, 3.05) is 19.1 Å². The van der Waals surface area contributed by atoms with Crippen LogP contribution in [0.15, 0.2) is 29.4 Å². The topological polar surface area (TPSA) is 59.9 Å². The maximum Gasteiger partial charge on any atom is 0.354 e. The van der Waals surface area contributed by atoms with Crippen LogP contribution in [-0.2, 0) is 9.53 Å². The van der Waals surface area contributed by atoms with Gasteiger partial charge in [-0.05, 0) is 26.0 Å². The van der Waals surface area contributed by atoms with Gasteiger partial charge in [0.15, 0.2) is 0 Å². The molecule has 0 fully saturated rings. The number of methoxy groups -OCH3 is 1. The van der Waals surface area contributed by atoms with Gasteiger partial charge < -0.3 is 9.47 Å². The highest BCUT2D eigenvalue weighted by atomic mass is 16.5. The first-order valence-electron chi connectivity index (χ1n) is 5.29. The second kappa shape index (κ2) is 6.52. The smallest absolute Gasteiger partial charge is 0.354 e. The average Bonchev–Trinajstić information content (AvgIpc) is 2.36. The molecule has 0 aliphatic heterocycles. The van der Waals surface area contributed by atoms with E-state index in [0.29, 0.717) is 18.0 Å². The van der Waals surface area contributed by atoms with Gasteiger partial charge >= 0.3 is 5.97 Å². The third-order valence-electron chi connectivity index (χ3n) is 2.02. The maximum atomic E-state index is 11.3. The minimum Gasteiger partial charge on any atom is -0.495 e. The highest BCUT2D eigenvalue weighted by Gasteiger charge is 2.06. The van der Waals surface area contributed by atoms with E-state index in [0.717, 1.165) is 0 Å². The molecule has 0 radical (unpaired) electrons. The Hall–Kier alpha value is -2.04. The first kappa shape index (κ1) is 13.0. The lowest BCUT2D eigenvalue weighted by Crippen LogP contribution is -2.15. The Kier molecular flexibility index (Phi) is 5.00. The zero-order valence-electron chi connectivity index (χ0n) is 10.2. The molecule has 92 valence electrons. The summed E-state index contributed by atoms with van der Waals surface area (Å²) < 4.78 is 9.95. The van der Waals surface area contributed by atoms with E-state index < -0.39 is 5.97 Å². The molecule has 1 N–H and O–H groups in total. The molecule has 5 nitrogen and oxygen atoms in total. The SMILES string of the molecule is CCOC(=O)/C(C)=N\Nc1ccccc1OC. The van der Waals surface area contributed by atoms with E-state index >= 15 is 0 Å². The van der Waals surface area contributed by atoms with Gasteiger partial charge in [0.1, 0.15) is 11.5 Å². The number of hydrogen-bond acceptors (Lipinski definition) is 5. The molecule has 0 spiro atoms. The number of benzene rings is 1. The summed E-state index contributed by atoms with van der Waals surface area (Å²) in [6, 6.07) is 7.31. The number of esters is 1. The van der Waals surface area contributed by atoms with Crippen molar-refractivity contribution >= 4 is 17.4 Å². The van der Waals surface area contributed by atoms with Gasteiger partial charge in [-0.25, -0.2) is 4.79 Å². The van der Waals surface area contributed by atoms with Crippen LogP contribution in [-0.4, -0.2) is 25.4 Å². The number of para-hydroxylation sites is 2. The van der Waals surface area contributed by atoms with Gasteiger partial charge in [-0.3, -0.25) is 5.43 Å². The Bertz CT molecular complexity index is 416. The molecule has 17 heavy (non-hydrogen) atoms. The van der Waals surface area contributed by atoms with Gasteiger partial charge in [0, 0.05) is 0 Å². The second-order valence-corrected chi connectivity index (χ2v) is 3.23. The zero-order valence-corrected chi connectivity index (χ0v) is 10.2. The van der Waals surface area contributed by atoms with E-state index in [2.05, 4.69) is 10.5 Å². The number of anilines is 1. The van der Waals surface area contributed by atoms with Crippen LogP contribution in [0.4, 0.5) is 5.69 Å². The van der Waals surface area contributed by atoms with Crippen molar-refractivity contribution in [3.63, 3.8) is 0 Å². The summed E-state index contributed by atoms with van der Waals surface area (Å²) in [5, 5.41) is 3.93. The highest BCUT2D eigenvalue weighted by molar-refractivity contribution is 6.35. The fourth-order valence-corrected chi connectivity index (χ4v) is 1.16. The van der Waals surface area contributed by atoms with Gasteiger partial charge in [-0.1, -0.05) is 12.1 Å². The lowest BCUT2D eigenvalue weighted by molar-refractivity contribution is -0.135. The minimum absolute atomic E-state index is 0.262. The van der Waals surface area contributed by atoms with E-state index in [1.807, 2.05) is 12.1 Å². The van der Waals surface area contributed by atoms with E-state index in [1.165, 1.54) is 0 Å². The second-order valence-electron chi connectivity index (χ2n) is 3.23. The standard InChI is InChI=1S/C12H16N2O3/c1-4-17-12(15)9(2)13-14-10-7-5-6-8-11(10)16-3/h5-8,14H,4H2,1-3H3/b13-9-. The molecule has 0 unspecified atom stereocenters. The van der Waals surface area contributed by atoms with E-state index in [-0.39, 0.29) is 5.71 Å². The number of ether oxygens (including phenoxy) is 2. The first-order valence-corrected chi connectivity index (χ1v) is 5.29. The Morgan fingerprint density at radius 2 is 2.12 bits per heavy atom. The van der Waals surface area contributed by atoms with Crippen molar-refractivity contribution in [2.45, 2.75) is 13.8 Å². The van der Waals surface area contributed by atoms with Gasteiger partial charge in [-0.15, -0.1) is 0 Å². The first-order chi connectivity index (χ1) is 8.19. The van der Waals surface area contributed by atoms with Gasteiger partial charge in [-0.2, -0.15) is 5.10 Å². The molecular weight excluding hydrogens is 220 g/mol. The summed E-state index contributed by atoms with van der Waals surface area (Å²) in [5.74, 6) is 0.225. The van der Waals surface area contributed by atoms with Crippen molar-refractivity contribution in [2.24, 2.45) is 5.10 Å². The Morgan fingerprint density at radius 1 is 1.41 bits per heavy atom. The molecule has 5 heteroatoms. The lowest BCUT2D eigenvalue weighted by atomic mass is 10.3. The minimum atomic E-state index is -0.435. The predicted octanol–water partition coefficient (Wildman–Crippen LogP) is 2.05.